The number of anilines is 1. The maximum Gasteiger partial charge on any atom is 0.266 e. The van der Waals surface area contributed by atoms with Gasteiger partial charge in [0.1, 0.15) is 11.6 Å². The molecule has 0 unspecified atom stereocenters. The van der Waals surface area contributed by atoms with Gasteiger partial charge < -0.3 is 15.7 Å². The van der Waals surface area contributed by atoms with Crippen molar-refractivity contribution in [2.45, 2.75) is 51.8 Å². The number of amides is 3. The number of aryl methyl sites for hydroxylation is 1. The number of nitrogens with zero attached hydrogens (tertiary/aromatic N) is 2. The molecular weight excluding hydrogens is 504 g/mol. The first-order valence-corrected chi connectivity index (χ1v) is 12.9. The van der Waals surface area contributed by atoms with E-state index in [1.54, 1.807) is 43.3 Å². The van der Waals surface area contributed by atoms with E-state index in [4.69, 9.17) is 5.73 Å². The number of aliphatic hydroxyl groups excluding tert-OH is 1. The van der Waals surface area contributed by atoms with Crippen molar-refractivity contribution in [2.75, 3.05) is 11.4 Å². The average Bonchev–Trinajstić information content (AvgIpc) is 3.16. The minimum atomic E-state index is -1.20. The number of hydrogen-bond acceptors (Lipinski definition) is 5. The zero-order valence-electron chi connectivity index (χ0n) is 21.9. The summed E-state index contributed by atoms with van der Waals surface area (Å²) < 4.78 is 27.2. The van der Waals surface area contributed by atoms with Crippen molar-refractivity contribution < 1.29 is 28.3 Å². The zero-order valence-corrected chi connectivity index (χ0v) is 21.9. The molecule has 1 heterocycles. The first-order valence-electron chi connectivity index (χ1n) is 12.9. The Morgan fingerprint density at radius 2 is 1.54 bits per heavy atom. The first kappa shape index (κ1) is 28.1. The fourth-order valence-electron chi connectivity index (χ4n) is 4.92. The molecule has 9 heteroatoms. The predicted molar refractivity (Wildman–Crippen MR) is 143 cm³/mol. The van der Waals surface area contributed by atoms with Gasteiger partial charge in [-0.05, 0) is 53.8 Å². The normalized spacial score (nSPS) is 14.4. The topological polar surface area (TPSA) is 104 Å². The van der Waals surface area contributed by atoms with Crippen LogP contribution in [0.4, 0.5) is 14.5 Å². The standard InChI is InChI=1S/C30H31F2N3O4/c1-3-19-8-7-9-20(28(19)35-29(38)23-10-5-6-11-24(23)30(35)39)16-34(27(37)4-2)17-26(36)25(33)14-18-12-21(31)15-22(32)13-18/h5-13,15,25-26,36H,3-4,14,16-17,33H2,1-2H3/t25-,26+/m0/s1. The number of para-hydroxylation sites is 1. The molecule has 204 valence electrons. The van der Waals surface area contributed by atoms with Gasteiger partial charge in [-0.2, -0.15) is 0 Å². The Balaban J connectivity index is 1.61. The molecule has 39 heavy (non-hydrogen) atoms. The molecule has 3 N–H and O–H groups in total. The summed E-state index contributed by atoms with van der Waals surface area (Å²) in [6.07, 6.45) is -0.526. The monoisotopic (exact) mass is 535 g/mol. The van der Waals surface area contributed by atoms with Crippen LogP contribution in [0.1, 0.15) is 57.7 Å². The maximum atomic E-state index is 13.6. The van der Waals surface area contributed by atoms with Gasteiger partial charge in [0.25, 0.3) is 11.8 Å². The molecular formula is C30H31F2N3O4. The largest absolute Gasteiger partial charge is 0.390 e. The van der Waals surface area contributed by atoms with Crippen LogP contribution in [0.25, 0.3) is 0 Å². The summed E-state index contributed by atoms with van der Waals surface area (Å²) in [5.74, 6) is -2.63. The number of halogens is 2. The van der Waals surface area contributed by atoms with Gasteiger partial charge in [-0.15, -0.1) is 0 Å². The first-order chi connectivity index (χ1) is 18.6. The Morgan fingerprint density at radius 1 is 0.949 bits per heavy atom. The molecule has 0 spiro atoms. The molecule has 0 bridgehead atoms. The van der Waals surface area contributed by atoms with Crippen molar-refractivity contribution >= 4 is 23.4 Å². The lowest BCUT2D eigenvalue weighted by Gasteiger charge is -2.30. The number of hydrogen-bond donors (Lipinski definition) is 2. The predicted octanol–water partition coefficient (Wildman–Crippen LogP) is 4.00. The molecule has 0 aromatic heterocycles. The van der Waals surface area contributed by atoms with Crippen molar-refractivity contribution in [3.8, 4) is 0 Å². The van der Waals surface area contributed by atoms with Gasteiger partial charge in [0.05, 0.1) is 22.9 Å². The van der Waals surface area contributed by atoms with Gasteiger partial charge in [0.2, 0.25) is 5.91 Å². The molecule has 7 nitrogen and oxygen atoms in total. The van der Waals surface area contributed by atoms with Gasteiger partial charge in [-0.1, -0.05) is 44.2 Å². The lowest BCUT2D eigenvalue weighted by Crippen LogP contribution is -2.46. The summed E-state index contributed by atoms with van der Waals surface area (Å²) in [6.45, 7) is 3.46. The van der Waals surface area contributed by atoms with Gasteiger partial charge in [0, 0.05) is 31.6 Å². The highest BCUT2D eigenvalue weighted by Crippen LogP contribution is 2.34. The number of nitrogens with two attached hydrogens (primary N) is 1. The summed E-state index contributed by atoms with van der Waals surface area (Å²) in [7, 11) is 0. The Bertz CT molecular complexity index is 1360. The van der Waals surface area contributed by atoms with Crippen LogP contribution < -0.4 is 10.6 Å². The van der Waals surface area contributed by atoms with Crippen molar-refractivity contribution in [1.29, 1.82) is 0 Å². The van der Waals surface area contributed by atoms with Crippen LogP contribution in [0.5, 0.6) is 0 Å². The zero-order chi connectivity index (χ0) is 28.3. The van der Waals surface area contributed by atoms with E-state index in [0.717, 1.165) is 28.7 Å². The van der Waals surface area contributed by atoms with Crippen LogP contribution in [0.2, 0.25) is 0 Å². The highest BCUT2D eigenvalue weighted by atomic mass is 19.1. The van der Waals surface area contributed by atoms with Crippen molar-refractivity contribution in [3.05, 3.63) is 100 Å². The number of carbonyl (C=O) groups excluding carboxylic acids is 3. The molecule has 0 saturated carbocycles. The van der Waals surface area contributed by atoms with Crippen LogP contribution in [-0.4, -0.2) is 46.4 Å². The molecule has 2 atom stereocenters. The summed E-state index contributed by atoms with van der Waals surface area (Å²) in [5, 5.41) is 10.9. The van der Waals surface area contributed by atoms with E-state index in [1.807, 2.05) is 13.0 Å². The molecule has 3 aromatic carbocycles. The van der Waals surface area contributed by atoms with Crippen LogP contribution >= 0.6 is 0 Å². The smallest absolute Gasteiger partial charge is 0.266 e. The molecule has 0 aliphatic carbocycles. The van der Waals surface area contributed by atoms with E-state index in [-0.39, 0.29) is 37.4 Å². The van der Waals surface area contributed by atoms with Crippen molar-refractivity contribution in [2.24, 2.45) is 5.73 Å². The van der Waals surface area contributed by atoms with Crippen LogP contribution in [0.3, 0.4) is 0 Å². The lowest BCUT2D eigenvalue weighted by molar-refractivity contribution is -0.133. The Labute approximate surface area is 225 Å². The summed E-state index contributed by atoms with van der Waals surface area (Å²) in [6, 6.07) is 14.1. The fourth-order valence-corrected chi connectivity index (χ4v) is 4.92. The van der Waals surface area contributed by atoms with E-state index >= 15 is 0 Å². The van der Waals surface area contributed by atoms with E-state index in [2.05, 4.69) is 0 Å². The lowest BCUT2D eigenvalue weighted by atomic mass is 10.00. The molecule has 4 rings (SSSR count). The molecule has 0 radical (unpaired) electrons. The van der Waals surface area contributed by atoms with Gasteiger partial charge in [-0.25, -0.2) is 13.7 Å². The fraction of sp³-hybridized carbons (Fsp3) is 0.300. The number of imide groups is 1. The Kier molecular flexibility index (Phi) is 8.52. The minimum absolute atomic E-state index is 0.00435. The second kappa shape index (κ2) is 11.8. The average molecular weight is 536 g/mol. The van der Waals surface area contributed by atoms with Crippen molar-refractivity contribution in [3.63, 3.8) is 0 Å². The minimum Gasteiger partial charge on any atom is -0.390 e. The molecule has 3 amide bonds. The molecule has 1 aliphatic heterocycles. The molecule has 0 saturated heterocycles. The van der Waals surface area contributed by atoms with E-state index in [9.17, 15) is 28.3 Å². The molecule has 1 aliphatic rings. The number of rotatable bonds is 10. The third-order valence-electron chi connectivity index (χ3n) is 6.91. The van der Waals surface area contributed by atoms with Crippen LogP contribution in [0.15, 0.2) is 60.7 Å². The Hall–Kier alpha value is -3.95. The van der Waals surface area contributed by atoms with Crippen molar-refractivity contribution in [1.82, 2.24) is 4.90 Å². The molecule has 3 aromatic rings. The number of carbonyl (C=O) groups is 3. The SMILES string of the molecule is CCC(=O)N(Cc1cccc(CC)c1N1C(=O)c2ccccc2C1=O)C[C@@H](O)[C@@H](N)Cc1cc(F)cc(F)c1. The second-order valence-corrected chi connectivity index (χ2v) is 9.61. The Morgan fingerprint density at radius 3 is 2.10 bits per heavy atom. The quantitative estimate of drug-likeness (QED) is 0.382. The van der Waals surface area contributed by atoms with E-state index in [1.165, 1.54) is 4.90 Å². The molecule has 0 fully saturated rings. The van der Waals surface area contributed by atoms with Gasteiger partial charge in [0.15, 0.2) is 0 Å². The van der Waals surface area contributed by atoms with Gasteiger partial charge in [-0.3, -0.25) is 14.4 Å². The van der Waals surface area contributed by atoms with Gasteiger partial charge >= 0.3 is 0 Å². The third-order valence-corrected chi connectivity index (χ3v) is 6.91. The second-order valence-electron chi connectivity index (χ2n) is 9.61. The third kappa shape index (κ3) is 5.89. The van der Waals surface area contributed by atoms with Crippen LogP contribution in [0, 0.1) is 11.6 Å². The summed E-state index contributed by atoms with van der Waals surface area (Å²) in [5.41, 5.74) is 8.84. The number of benzene rings is 3. The number of fused-ring (bicyclic) bond motifs is 1. The highest BCUT2D eigenvalue weighted by molar-refractivity contribution is 6.34. The highest BCUT2D eigenvalue weighted by Gasteiger charge is 2.38. The maximum absolute atomic E-state index is 13.6. The number of aliphatic hydroxyl groups is 1. The summed E-state index contributed by atoms with van der Waals surface area (Å²) in [4.78, 5) is 42.1. The van der Waals surface area contributed by atoms with E-state index in [0.29, 0.717) is 28.8 Å². The van der Waals surface area contributed by atoms with Crippen LogP contribution in [-0.2, 0) is 24.2 Å². The summed E-state index contributed by atoms with van der Waals surface area (Å²) >= 11 is 0. The van der Waals surface area contributed by atoms with E-state index < -0.39 is 35.6 Å².